The van der Waals surface area contributed by atoms with Crippen molar-refractivity contribution < 1.29 is 9.09 Å². The van der Waals surface area contributed by atoms with Crippen molar-refractivity contribution in [3.05, 3.63) is 0 Å². The summed E-state index contributed by atoms with van der Waals surface area (Å²) in [4.78, 5) is 0. The van der Waals surface area contributed by atoms with Gasteiger partial charge in [0.15, 0.2) is 0 Å². The summed E-state index contributed by atoms with van der Waals surface area (Å²) in [6, 6.07) is 0. The van der Waals surface area contributed by atoms with Crippen molar-refractivity contribution in [2.45, 2.75) is 124 Å². The molecule has 0 radical (unpaired) electrons. The summed E-state index contributed by atoms with van der Waals surface area (Å²) in [5, 5.41) is 0. The lowest BCUT2D eigenvalue weighted by Gasteiger charge is -2.15. The summed E-state index contributed by atoms with van der Waals surface area (Å²) in [7, 11) is 0. The molecule has 0 aliphatic carbocycles. The molecule has 2 nitrogen and oxygen atoms in total. The molecule has 0 aromatic carbocycles. The molecule has 0 saturated heterocycles. The van der Waals surface area contributed by atoms with Gasteiger partial charge in [0.2, 0.25) is 0 Å². The highest BCUT2D eigenvalue weighted by Gasteiger charge is 2.21. The minimum atomic E-state index is -2.39. The average molecular weight is 407 g/mol. The summed E-state index contributed by atoms with van der Waals surface area (Å²) < 4.78 is 18.0. The van der Waals surface area contributed by atoms with Gasteiger partial charge in [-0.3, -0.25) is 4.57 Å². The number of hydrogen-bond donors (Lipinski definition) is 0. The summed E-state index contributed by atoms with van der Waals surface area (Å²) >= 11 is 1.52. The Labute approximate surface area is 169 Å². The zero-order chi connectivity index (χ0) is 19.3. The maximum absolute atomic E-state index is 12.5. The van der Waals surface area contributed by atoms with E-state index in [1.807, 2.05) is 6.92 Å². The number of hydrogen-bond acceptors (Lipinski definition) is 3. The van der Waals surface area contributed by atoms with Crippen LogP contribution in [0.25, 0.3) is 0 Å². The molecule has 0 aromatic heterocycles. The predicted octanol–water partition coefficient (Wildman–Crippen LogP) is 9.23. The van der Waals surface area contributed by atoms with E-state index in [4.69, 9.17) is 4.52 Å². The third kappa shape index (κ3) is 17.9. The van der Waals surface area contributed by atoms with Gasteiger partial charge in [0.25, 0.3) is 6.57 Å². The second-order valence-corrected chi connectivity index (χ2v) is 12.7. The maximum atomic E-state index is 12.5. The molecule has 0 aromatic rings. The second-order valence-electron chi connectivity index (χ2n) is 7.47. The van der Waals surface area contributed by atoms with Gasteiger partial charge in [0, 0.05) is 6.16 Å². The maximum Gasteiger partial charge on any atom is 0.257 e. The first-order chi connectivity index (χ1) is 12.7. The quantitative estimate of drug-likeness (QED) is 0.140. The van der Waals surface area contributed by atoms with Gasteiger partial charge in [-0.2, -0.15) is 0 Å². The molecule has 0 fully saturated rings. The SMILES string of the molecule is CCCCCCCCCCCCCCCCCCP(=O)(OCC)SCC. The molecular formula is C22H47O2PS. The van der Waals surface area contributed by atoms with E-state index in [9.17, 15) is 4.57 Å². The Bertz CT molecular complexity index is 313. The molecule has 0 heterocycles. The fourth-order valence-corrected chi connectivity index (χ4v) is 7.64. The van der Waals surface area contributed by atoms with Crippen molar-refractivity contribution in [3.63, 3.8) is 0 Å². The van der Waals surface area contributed by atoms with Crippen LogP contribution in [0.3, 0.4) is 0 Å². The molecule has 0 rings (SSSR count). The third-order valence-electron chi connectivity index (χ3n) is 4.94. The highest BCUT2D eigenvalue weighted by Crippen LogP contribution is 2.59. The van der Waals surface area contributed by atoms with Crippen LogP contribution < -0.4 is 0 Å². The van der Waals surface area contributed by atoms with Gasteiger partial charge in [0.1, 0.15) is 0 Å². The Kier molecular flexibility index (Phi) is 20.7. The summed E-state index contributed by atoms with van der Waals surface area (Å²) in [6.45, 7) is 4.47. The van der Waals surface area contributed by atoms with Crippen molar-refractivity contribution in [3.8, 4) is 0 Å². The van der Waals surface area contributed by atoms with Crippen molar-refractivity contribution in [1.82, 2.24) is 0 Å². The van der Waals surface area contributed by atoms with E-state index in [1.54, 1.807) is 0 Å². The zero-order valence-electron chi connectivity index (χ0n) is 18.1. The average Bonchev–Trinajstić information content (AvgIpc) is 2.62. The number of unbranched alkanes of at least 4 members (excludes halogenated alkanes) is 15. The molecule has 0 saturated carbocycles. The van der Waals surface area contributed by atoms with Crippen LogP contribution in [0.1, 0.15) is 124 Å². The zero-order valence-corrected chi connectivity index (χ0v) is 19.8. The van der Waals surface area contributed by atoms with E-state index < -0.39 is 6.57 Å². The largest absolute Gasteiger partial charge is 0.321 e. The molecule has 1 atom stereocenters. The first kappa shape index (κ1) is 26.5. The van der Waals surface area contributed by atoms with Crippen LogP contribution in [-0.4, -0.2) is 18.5 Å². The molecule has 0 aliphatic rings. The monoisotopic (exact) mass is 406 g/mol. The molecule has 0 aliphatic heterocycles. The molecule has 0 spiro atoms. The van der Waals surface area contributed by atoms with Crippen LogP contribution >= 0.6 is 18.0 Å². The summed E-state index contributed by atoms with van der Waals surface area (Å²) in [5.41, 5.74) is 0. The second kappa shape index (κ2) is 20.3. The van der Waals surface area contributed by atoms with Gasteiger partial charge in [0.05, 0.1) is 6.61 Å². The van der Waals surface area contributed by atoms with Gasteiger partial charge in [-0.25, -0.2) is 0 Å². The van der Waals surface area contributed by atoms with E-state index in [0.717, 1.165) is 18.3 Å². The van der Waals surface area contributed by atoms with Gasteiger partial charge >= 0.3 is 0 Å². The van der Waals surface area contributed by atoms with Gasteiger partial charge in [-0.1, -0.05) is 122 Å². The van der Waals surface area contributed by atoms with E-state index in [2.05, 4.69) is 13.8 Å². The molecule has 0 bridgehead atoms. The summed E-state index contributed by atoms with van der Waals surface area (Å²) in [6.07, 6.45) is 22.7. The van der Waals surface area contributed by atoms with E-state index in [1.165, 1.54) is 108 Å². The van der Waals surface area contributed by atoms with Gasteiger partial charge in [-0.15, -0.1) is 0 Å². The minimum absolute atomic E-state index is 0.573. The van der Waals surface area contributed by atoms with Crippen molar-refractivity contribution in [2.24, 2.45) is 0 Å². The topological polar surface area (TPSA) is 26.3 Å². The fourth-order valence-electron chi connectivity index (χ4n) is 3.41. The molecule has 1 unspecified atom stereocenters. The summed E-state index contributed by atoms with van der Waals surface area (Å²) in [5.74, 6) is 0.885. The smallest absolute Gasteiger partial charge is 0.257 e. The Morgan fingerprint density at radius 2 is 1.00 bits per heavy atom. The van der Waals surface area contributed by atoms with Crippen LogP contribution in [0.4, 0.5) is 0 Å². The highest BCUT2D eigenvalue weighted by atomic mass is 32.7. The van der Waals surface area contributed by atoms with Crippen molar-refractivity contribution in [2.75, 3.05) is 18.5 Å². The lowest BCUT2D eigenvalue weighted by molar-refractivity contribution is 0.345. The fraction of sp³-hybridized carbons (Fsp3) is 1.00. The molecule has 26 heavy (non-hydrogen) atoms. The van der Waals surface area contributed by atoms with E-state index in [0.29, 0.717) is 6.61 Å². The Morgan fingerprint density at radius 1 is 0.615 bits per heavy atom. The predicted molar refractivity (Wildman–Crippen MR) is 122 cm³/mol. The molecule has 0 amide bonds. The van der Waals surface area contributed by atoms with Crippen LogP contribution in [-0.2, 0) is 9.09 Å². The standard InChI is InChI=1S/C22H47O2PS/c1-4-7-8-9-10-11-12-13-14-15-16-17-18-19-20-21-22-25(23,24-5-2)26-6-3/h4-22H2,1-3H3. The van der Waals surface area contributed by atoms with Crippen LogP contribution in [0.2, 0.25) is 0 Å². The lowest BCUT2D eigenvalue weighted by atomic mass is 10.0. The van der Waals surface area contributed by atoms with Crippen LogP contribution in [0.15, 0.2) is 0 Å². The normalized spacial score (nSPS) is 13.8. The van der Waals surface area contributed by atoms with Gasteiger partial charge in [-0.05, 0) is 19.1 Å². The number of rotatable bonds is 21. The Morgan fingerprint density at radius 3 is 1.35 bits per heavy atom. The van der Waals surface area contributed by atoms with Crippen LogP contribution in [0.5, 0.6) is 0 Å². The Balaban J connectivity index is 3.27. The van der Waals surface area contributed by atoms with Gasteiger partial charge < -0.3 is 4.52 Å². The molecular weight excluding hydrogens is 359 g/mol. The van der Waals surface area contributed by atoms with Crippen molar-refractivity contribution >= 4 is 18.0 Å². The first-order valence-electron chi connectivity index (χ1n) is 11.6. The lowest BCUT2D eigenvalue weighted by Crippen LogP contribution is -1.93. The molecule has 4 heteroatoms. The molecule has 0 N–H and O–H groups in total. The highest BCUT2D eigenvalue weighted by molar-refractivity contribution is 8.56. The van der Waals surface area contributed by atoms with E-state index in [-0.39, 0.29) is 0 Å². The minimum Gasteiger partial charge on any atom is -0.321 e. The third-order valence-corrected chi connectivity index (χ3v) is 9.92. The van der Waals surface area contributed by atoms with Crippen LogP contribution in [0, 0.1) is 0 Å². The van der Waals surface area contributed by atoms with E-state index >= 15 is 0 Å². The molecule has 158 valence electrons. The Hall–Kier alpha value is 0.540. The first-order valence-corrected chi connectivity index (χ1v) is 15.0. The van der Waals surface area contributed by atoms with Crippen molar-refractivity contribution in [1.29, 1.82) is 0 Å².